The molecule has 5 nitrogen and oxygen atoms in total. The fourth-order valence-electron chi connectivity index (χ4n) is 2.37. The van der Waals surface area contributed by atoms with Crippen molar-refractivity contribution in [3.63, 3.8) is 0 Å². The third-order valence-electron chi connectivity index (χ3n) is 4.12. The van der Waals surface area contributed by atoms with E-state index in [1.54, 1.807) is 45.0 Å². The van der Waals surface area contributed by atoms with E-state index in [1.807, 2.05) is 30.3 Å². The largest absolute Gasteiger partial charge is 0.325 e. The van der Waals surface area contributed by atoms with Gasteiger partial charge in [0.05, 0.1) is 16.5 Å². The second-order valence-corrected chi connectivity index (χ2v) is 10.1. The van der Waals surface area contributed by atoms with Crippen molar-refractivity contribution >= 4 is 33.8 Å². The minimum atomic E-state index is -3.29. The van der Waals surface area contributed by atoms with Crippen molar-refractivity contribution in [3.05, 3.63) is 65.7 Å². The summed E-state index contributed by atoms with van der Waals surface area (Å²) in [4.78, 5) is 12.3. The van der Waals surface area contributed by atoms with Crippen LogP contribution in [0.15, 0.2) is 54.6 Å². The Labute approximate surface area is 167 Å². The Balaban J connectivity index is 0.00000364. The summed E-state index contributed by atoms with van der Waals surface area (Å²) < 4.78 is 23.9. The molecule has 0 saturated heterocycles. The summed E-state index contributed by atoms with van der Waals surface area (Å²) in [5, 5.41) is 2.77. The average Bonchev–Trinajstić information content (AvgIpc) is 2.54. The first-order valence-electron chi connectivity index (χ1n) is 8.50. The van der Waals surface area contributed by atoms with Crippen molar-refractivity contribution in [1.82, 2.24) is 0 Å². The second kappa shape index (κ2) is 9.35. The molecule has 0 aromatic heterocycles. The monoisotopic (exact) mass is 410 g/mol. The Morgan fingerprint density at radius 2 is 1.63 bits per heavy atom. The lowest BCUT2D eigenvalue weighted by molar-refractivity contribution is -0.117. The molecule has 0 unspecified atom stereocenters. The molecule has 0 aliphatic rings. The number of halogens is 1. The molecule has 3 N–H and O–H groups in total. The number of nitrogens with one attached hydrogen (secondary N) is 1. The lowest BCUT2D eigenvalue weighted by Crippen LogP contribution is -2.37. The Bertz CT molecular complexity index is 862. The fourth-order valence-corrected chi connectivity index (χ4v) is 3.42. The minimum Gasteiger partial charge on any atom is -0.325 e. The van der Waals surface area contributed by atoms with Crippen LogP contribution in [0.25, 0.3) is 0 Å². The van der Waals surface area contributed by atoms with Crippen molar-refractivity contribution in [3.8, 4) is 0 Å². The van der Waals surface area contributed by atoms with Gasteiger partial charge in [-0.25, -0.2) is 8.42 Å². The zero-order valence-corrected chi connectivity index (χ0v) is 17.4. The van der Waals surface area contributed by atoms with E-state index in [0.29, 0.717) is 17.7 Å². The van der Waals surface area contributed by atoms with Crippen LogP contribution < -0.4 is 11.1 Å². The maximum absolute atomic E-state index is 12.4. The Morgan fingerprint density at radius 1 is 1.04 bits per heavy atom. The lowest BCUT2D eigenvalue weighted by Gasteiger charge is -2.19. The average molecular weight is 411 g/mol. The molecule has 1 atom stereocenters. The molecule has 0 aliphatic carbocycles. The second-order valence-electron chi connectivity index (χ2n) is 7.36. The summed E-state index contributed by atoms with van der Waals surface area (Å²) in [5.41, 5.74) is 8.15. The van der Waals surface area contributed by atoms with E-state index >= 15 is 0 Å². The molecule has 27 heavy (non-hydrogen) atoms. The molecule has 1 amide bonds. The van der Waals surface area contributed by atoms with Gasteiger partial charge < -0.3 is 11.1 Å². The molecule has 0 saturated carbocycles. The van der Waals surface area contributed by atoms with Crippen LogP contribution in [-0.2, 0) is 26.8 Å². The first-order valence-corrected chi connectivity index (χ1v) is 10.2. The number of nitrogens with two attached hydrogens (primary N) is 1. The van der Waals surface area contributed by atoms with Gasteiger partial charge in [-0.2, -0.15) is 0 Å². The highest BCUT2D eigenvalue weighted by Gasteiger charge is 2.29. The smallest absolute Gasteiger partial charge is 0.241 e. The molecule has 0 fully saturated rings. The number of benzene rings is 2. The van der Waals surface area contributed by atoms with E-state index in [4.69, 9.17) is 5.73 Å². The van der Waals surface area contributed by atoms with E-state index in [1.165, 1.54) is 0 Å². The van der Waals surface area contributed by atoms with Gasteiger partial charge in [0.15, 0.2) is 9.84 Å². The molecule has 7 heteroatoms. The number of hydrogen-bond acceptors (Lipinski definition) is 4. The zero-order valence-electron chi connectivity index (χ0n) is 15.8. The molecule has 148 valence electrons. The molecule has 0 heterocycles. The Hall–Kier alpha value is -1.89. The lowest BCUT2D eigenvalue weighted by atomic mass is 10.1. The quantitative estimate of drug-likeness (QED) is 0.764. The molecule has 2 aromatic carbocycles. The van der Waals surface area contributed by atoms with Gasteiger partial charge in [0.25, 0.3) is 0 Å². The zero-order chi connectivity index (χ0) is 19.4. The summed E-state index contributed by atoms with van der Waals surface area (Å²) in [6, 6.07) is 15.7. The minimum absolute atomic E-state index is 0. The van der Waals surface area contributed by atoms with Crippen LogP contribution in [0.1, 0.15) is 31.9 Å². The van der Waals surface area contributed by atoms with Gasteiger partial charge in [-0.3, -0.25) is 4.79 Å². The van der Waals surface area contributed by atoms with Crippen LogP contribution in [0.3, 0.4) is 0 Å². The van der Waals surface area contributed by atoms with Crippen LogP contribution in [0.4, 0.5) is 5.69 Å². The molecule has 0 spiro atoms. The van der Waals surface area contributed by atoms with Crippen LogP contribution in [-0.4, -0.2) is 25.1 Å². The summed E-state index contributed by atoms with van der Waals surface area (Å²) in [6.45, 7) is 5.03. The van der Waals surface area contributed by atoms with Gasteiger partial charge in [0.1, 0.15) is 0 Å². The summed E-state index contributed by atoms with van der Waals surface area (Å²) in [7, 11) is -3.29. The molecule has 2 rings (SSSR count). The van der Waals surface area contributed by atoms with Gasteiger partial charge in [0, 0.05) is 5.69 Å². The van der Waals surface area contributed by atoms with E-state index in [2.05, 4.69) is 5.32 Å². The van der Waals surface area contributed by atoms with E-state index in [9.17, 15) is 13.2 Å². The fraction of sp³-hybridized carbons (Fsp3) is 0.350. The number of sulfone groups is 1. The van der Waals surface area contributed by atoms with Gasteiger partial charge in [-0.1, -0.05) is 42.5 Å². The van der Waals surface area contributed by atoms with E-state index in [0.717, 1.165) is 5.56 Å². The highest BCUT2D eigenvalue weighted by molar-refractivity contribution is 7.91. The van der Waals surface area contributed by atoms with E-state index < -0.39 is 20.6 Å². The standard InChI is InChI=1S/C20H26N2O3S.ClH/c1-20(2,3)26(24,25)14-16-10-7-11-17(12-16)22-19(23)18(21)13-15-8-5-4-6-9-15;/h4-12,18H,13-14,21H2,1-3H3,(H,22,23);1H/t18-;/m0./s1. The highest BCUT2D eigenvalue weighted by Crippen LogP contribution is 2.22. The third kappa shape index (κ3) is 6.65. The van der Waals surface area contributed by atoms with Gasteiger partial charge >= 0.3 is 0 Å². The Morgan fingerprint density at radius 3 is 2.22 bits per heavy atom. The third-order valence-corrected chi connectivity index (χ3v) is 6.70. The van der Waals surface area contributed by atoms with Crippen molar-refractivity contribution in [2.75, 3.05) is 5.32 Å². The van der Waals surface area contributed by atoms with Crippen LogP contribution in [0.2, 0.25) is 0 Å². The van der Waals surface area contributed by atoms with E-state index in [-0.39, 0.29) is 24.1 Å². The number of hydrogen-bond donors (Lipinski definition) is 2. The summed E-state index contributed by atoms with van der Waals surface area (Å²) >= 11 is 0. The normalized spacial score (nSPS) is 12.7. The maximum atomic E-state index is 12.4. The van der Waals surface area contributed by atoms with Gasteiger partial charge in [-0.15, -0.1) is 12.4 Å². The first kappa shape index (κ1) is 23.1. The number of anilines is 1. The number of carbonyl (C=O) groups excluding carboxylic acids is 1. The molecule has 2 aromatic rings. The van der Waals surface area contributed by atoms with Crippen molar-refractivity contribution in [2.24, 2.45) is 5.73 Å². The first-order chi connectivity index (χ1) is 12.1. The van der Waals surface area contributed by atoms with Crippen LogP contribution in [0.5, 0.6) is 0 Å². The van der Waals surface area contributed by atoms with Gasteiger partial charge in [0.2, 0.25) is 5.91 Å². The summed E-state index contributed by atoms with van der Waals surface area (Å²) in [5.74, 6) is -0.374. The number of rotatable bonds is 6. The van der Waals surface area contributed by atoms with Crippen molar-refractivity contribution < 1.29 is 13.2 Å². The van der Waals surface area contributed by atoms with Crippen molar-refractivity contribution in [2.45, 2.75) is 43.7 Å². The summed E-state index contributed by atoms with van der Waals surface area (Å²) in [6.07, 6.45) is 0.435. The predicted octanol–water partition coefficient (Wildman–Crippen LogP) is 3.33. The molecular weight excluding hydrogens is 384 g/mol. The Kier molecular flexibility index (Phi) is 8.02. The molecule has 0 radical (unpaired) electrons. The van der Waals surface area contributed by atoms with Gasteiger partial charge in [-0.05, 0) is 50.5 Å². The number of carbonyl (C=O) groups is 1. The van der Waals surface area contributed by atoms with Crippen molar-refractivity contribution in [1.29, 1.82) is 0 Å². The highest BCUT2D eigenvalue weighted by atomic mass is 35.5. The molecular formula is C20H27ClN2O3S. The number of amides is 1. The van der Waals surface area contributed by atoms with Crippen LogP contribution >= 0.6 is 12.4 Å². The SMILES string of the molecule is CC(C)(C)S(=O)(=O)Cc1cccc(NC(=O)[C@@H](N)Cc2ccccc2)c1.Cl. The molecule has 0 aliphatic heterocycles. The molecule has 0 bridgehead atoms. The maximum Gasteiger partial charge on any atom is 0.241 e. The van der Waals surface area contributed by atoms with Crippen LogP contribution in [0, 0.1) is 0 Å². The topological polar surface area (TPSA) is 89.3 Å². The predicted molar refractivity (Wildman–Crippen MR) is 113 cm³/mol.